The topological polar surface area (TPSA) is 17.1 Å². The van der Waals surface area contributed by atoms with E-state index in [1.807, 2.05) is 30.3 Å². The number of hydrogen-bond donors (Lipinski definition) is 0. The minimum atomic E-state index is 0.0162. The standard InChI is InChI=1S/C16H24O/c1-6-12(2)14(16(3,4)5)15(17)13-10-8-7-9-11-13/h7-12,14H,6H2,1-5H3. The van der Waals surface area contributed by atoms with Crippen molar-refractivity contribution in [3.05, 3.63) is 35.9 Å². The molecule has 2 atom stereocenters. The molecule has 1 rings (SSSR count). The van der Waals surface area contributed by atoms with Crippen molar-refractivity contribution in [3.8, 4) is 0 Å². The van der Waals surface area contributed by atoms with Gasteiger partial charge in [-0.25, -0.2) is 0 Å². The summed E-state index contributed by atoms with van der Waals surface area (Å²) in [5.41, 5.74) is 0.857. The molecule has 0 fully saturated rings. The summed E-state index contributed by atoms with van der Waals surface area (Å²) in [5, 5.41) is 0. The number of rotatable bonds is 4. The van der Waals surface area contributed by atoms with Gasteiger partial charge in [0, 0.05) is 11.5 Å². The molecule has 17 heavy (non-hydrogen) atoms. The number of carbonyl (C=O) groups is 1. The summed E-state index contributed by atoms with van der Waals surface area (Å²) in [6, 6.07) is 9.66. The second-order valence-electron chi connectivity index (χ2n) is 5.96. The minimum Gasteiger partial charge on any atom is -0.294 e. The third kappa shape index (κ3) is 3.42. The second-order valence-corrected chi connectivity index (χ2v) is 5.96. The SMILES string of the molecule is CCC(C)C(C(=O)c1ccccc1)C(C)(C)C. The van der Waals surface area contributed by atoms with E-state index in [4.69, 9.17) is 0 Å². The number of hydrogen-bond acceptors (Lipinski definition) is 1. The van der Waals surface area contributed by atoms with Crippen LogP contribution in [0, 0.1) is 17.3 Å². The first-order valence-electron chi connectivity index (χ1n) is 6.47. The van der Waals surface area contributed by atoms with Crippen LogP contribution in [-0.2, 0) is 0 Å². The molecule has 0 aliphatic carbocycles. The predicted molar refractivity (Wildman–Crippen MR) is 73.2 cm³/mol. The molecule has 0 N–H and O–H groups in total. The summed E-state index contributed by atoms with van der Waals surface area (Å²) in [4.78, 5) is 12.6. The summed E-state index contributed by atoms with van der Waals surface area (Å²) in [7, 11) is 0. The van der Waals surface area contributed by atoms with Crippen molar-refractivity contribution in [2.45, 2.75) is 41.0 Å². The van der Waals surface area contributed by atoms with Gasteiger partial charge in [0.25, 0.3) is 0 Å². The molecular weight excluding hydrogens is 208 g/mol. The fraction of sp³-hybridized carbons (Fsp3) is 0.562. The highest BCUT2D eigenvalue weighted by Crippen LogP contribution is 2.36. The summed E-state index contributed by atoms with van der Waals surface area (Å²) in [6.45, 7) is 10.8. The van der Waals surface area contributed by atoms with Crippen molar-refractivity contribution in [2.24, 2.45) is 17.3 Å². The Morgan fingerprint density at radius 3 is 2.12 bits per heavy atom. The Morgan fingerprint density at radius 1 is 1.18 bits per heavy atom. The zero-order chi connectivity index (χ0) is 13.1. The van der Waals surface area contributed by atoms with Crippen molar-refractivity contribution in [3.63, 3.8) is 0 Å². The van der Waals surface area contributed by atoms with E-state index in [1.54, 1.807) is 0 Å². The van der Waals surface area contributed by atoms with Gasteiger partial charge in [0.05, 0.1) is 0 Å². The van der Waals surface area contributed by atoms with Gasteiger partial charge in [-0.3, -0.25) is 4.79 Å². The van der Waals surface area contributed by atoms with E-state index in [9.17, 15) is 4.79 Å². The van der Waals surface area contributed by atoms with Gasteiger partial charge in [-0.15, -0.1) is 0 Å². The second kappa shape index (κ2) is 5.48. The molecule has 0 spiro atoms. The van der Waals surface area contributed by atoms with Crippen molar-refractivity contribution >= 4 is 5.78 Å². The van der Waals surface area contributed by atoms with Gasteiger partial charge in [0.15, 0.2) is 5.78 Å². The Morgan fingerprint density at radius 2 is 1.71 bits per heavy atom. The number of ketones is 1. The highest BCUT2D eigenvalue weighted by Gasteiger charge is 2.35. The normalized spacial score (nSPS) is 15.4. The van der Waals surface area contributed by atoms with Crippen LogP contribution in [0.3, 0.4) is 0 Å². The van der Waals surface area contributed by atoms with Crippen LogP contribution in [0.2, 0.25) is 0 Å². The predicted octanol–water partition coefficient (Wildman–Crippen LogP) is 4.58. The Labute approximate surface area is 105 Å². The molecule has 1 heteroatoms. The van der Waals surface area contributed by atoms with E-state index in [0.29, 0.717) is 5.92 Å². The number of benzene rings is 1. The zero-order valence-corrected chi connectivity index (χ0v) is 11.7. The maximum Gasteiger partial charge on any atom is 0.166 e. The Kier molecular flexibility index (Phi) is 4.50. The lowest BCUT2D eigenvalue weighted by atomic mass is 9.69. The van der Waals surface area contributed by atoms with Crippen molar-refractivity contribution in [2.75, 3.05) is 0 Å². The fourth-order valence-electron chi connectivity index (χ4n) is 2.52. The monoisotopic (exact) mass is 232 g/mol. The van der Waals surface area contributed by atoms with Crippen LogP contribution < -0.4 is 0 Å². The minimum absolute atomic E-state index is 0.0162. The van der Waals surface area contributed by atoms with E-state index in [0.717, 1.165) is 12.0 Å². The molecule has 0 bridgehead atoms. The summed E-state index contributed by atoms with van der Waals surface area (Å²) in [6.07, 6.45) is 1.04. The first-order valence-corrected chi connectivity index (χ1v) is 6.47. The summed E-state index contributed by atoms with van der Waals surface area (Å²) in [5.74, 6) is 0.796. The van der Waals surface area contributed by atoms with E-state index in [1.165, 1.54) is 0 Å². The first kappa shape index (κ1) is 14.0. The Balaban J connectivity index is 3.04. The quantitative estimate of drug-likeness (QED) is 0.694. The maximum absolute atomic E-state index is 12.6. The molecular formula is C16H24O. The summed E-state index contributed by atoms with van der Waals surface area (Å²) < 4.78 is 0. The van der Waals surface area contributed by atoms with Gasteiger partial charge >= 0.3 is 0 Å². The molecule has 0 saturated heterocycles. The zero-order valence-electron chi connectivity index (χ0n) is 11.7. The van der Waals surface area contributed by atoms with Crippen LogP contribution in [0.15, 0.2) is 30.3 Å². The third-order valence-electron chi connectivity index (χ3n) is 3.49. The lowest BCUT2D eigenvalue weighted by Crippen LogP contribution is -2.34. The Bertz CT molecular complexity index is 359. The molecule has 0 aliphatic heterocycles. The smallest absolute Gasteiger partial charge is 0.166 e. The largest absolute Gasteiger partial charge is 0.294 e. The number of carbonyl (C=O) groups excluding carboxylic acids is 1. The molecule has 1 nitrogen and oxygen atoms in total. The van der Waals surface area contributed by atoms with Crippen molar-refractivity contribution < 1.29 is 4.79 Å². The lowest BCUT2D eigenvalue weighted by Gasteiger charge is -2.34. The molecule has 0 saturated carbocycles. The highest BCUT2D eigenvalue weighted by atomic mass is 16.1. The van der Waals surface area contributed by atoms with Crippen LogP contribution in [0.5, 0.6) is 0 Å². The molecule has 2 unspecified atom stereocenters. The molecule has 0 aliphatic rings. The lowest BCUT2D eigenvalue weighted by molar-refractivity contribution is 0.0722. The molecule has 0 radical (unpaired) electrons. The van der Waals surface area contributed by atoms with Gasteiger partial charge in [0.2, 0.25) is 0 Å². The maximum atomic E-state index is 12.6. The van der Waals surface area contributed by atoms with Gasteiger partial charge in [-0.1, -0.05) is 71.4 Å². The van der Waals surface area contributed by atoms with Crippen molar-refractivity contribution in [1.29, 1.82) is 0 Å². The van der Waals surface area contributed by atoms with Crippen molar-refractivity contribution in [1.82, 2.24) is 0 Å². The van der Waals surface area contributed by atoms with Gasteiger partial charge in [-0.05, 0) is 11.3 Å². The van der Waals surface area contributed by atoms with Gasteiger partial charge in [-0.2, -0.15) is 0 Å². The molecule has 1 aromatic rings. The third-order valence-corrected chi connectivity index (χ3v) is 3.49. The molecule has 1 aromatic carbocycles. The van der Waals surface area contributed by atoms with Crippen LogP contribution in [0.4, 0.5) is 0 Å². The van der Waals surface area contributed by atoms with Crippen LogP contribution in [0.25, 0.3) is 0 Å². The Hall–Kier alpha value is -1.11. The van der Waals surface area contributed by atoms with Gasteiger partial charge < -0.3 is 0 Å². The fourth-order valence-corrected chi connectivity index (χ4v) is 2.52. The molecule has 0 heterocycles. The average molecular weight is 232 g/mol. The first-order chi connectivity index (χ1) is 7.88. The summed E-state index contributed by atoms with van der Waals surface area (Å²) >= 11 is 0. The van der Waals surface area contributed by atoms with Gasteiger partial charge in [0.1, 0.15) is 0 Å². The average Bonchev–Trinajstić information content (AvgIpc) is 2.28. The molecule has 94 valence electrons. The van der Waals surface area contributed by atoms with E-state index in [2.05, 4.69) is 34.6 Å². The van der Waals surface area contributed by atoms with Crippen LogP contribution in [-0.4, -0.2) is 5.78 Å². The van der Waals surface area contributed by atoms with E-state index < -0.39 is 0 Å². The molecule has 0 amide bonds. The molecule has 0 aromatic heterocycles. The van der Waals surface area contributed by atoms with Crippen LogP contribution in [0.1, 0.15) is 51.4 Å². The van der Waals surface area contributed by atoms with E-state index >= 15 is 0 Å². The van der Waals surface area contributed by atoms with E-state index in [-0.39, 0.29) is 17.1 Å². The number of Topliss-reactive ketones (excluding diaryl/α,β-unsaturated/α-hetero) is 1. The van der Waals surface area contributed by atoms with Crippen LogP contribution >= 0.6 is 0 Å². The highest BCUT2D eigenvalue weighted by molar-refractivity contribution is 5.98.